The highest BCUT2D eigenvalue weighted by molar-refractivity contribution is 5.99. The Morgan fingerprint density at radius 1 is 0.898 bits per heavy atom. The number of hydrogen-bond acceptors (Lipinski definition) is 13. The van der Waals surface area contributed by atoms with Crippen LogP contribution in [0.15, 0.2) is 42.5 Å². The van der Waals surface area contributed by atoms with Crippen LogP contribution in [0, 0.1) is 11.3 Å². The minimum Gasteiger partial charge on any atom is -0.494 e. The Labute approximate surface area is 342 Å². The zero-order chi connectivity index (χ0) is 42.4. The van der Waals surface area contributed by atoms with Crippen LogP contribution in [-0.4, -0.2) is 96.7 Å². The molecule has 59 heavy (non-hydrogen) atoms. The van der Waals surface area contributed by atoms with Crippen LogP contribution in [0.2, 0.25) is 0 Å². The lowest BCUT2D eigenvalue weighted by Crippen LogP contribution is -2.53. The van der Waals surface area contributed by atoms with Gasteiger partial charge in [-0.05, 0) is 60.9 Å². The van der Waals surface area contributed by atoms with E-state index in [0.29, 0.717) is 38.1 Å². The number of benzene rings is 2. The van der Waals surface area contributed by atoms with Gasteiger partial charge in [-0.15, -0.1) is 0 Å². The Kier molecular flexibility index (Phi) is 15.8. The molecule has 4 heterocycles. The van der Waals surface area contributed by atoms with E-state index in [0.717, 1.165) is 43.4 Å². The number of piperidine rings is 1. The van der Waals surface area contributed by atoms with Crippen molar-refractivity contribution >= 4 is 35.6 Å². The van der Waals surface area contributed by atoms with Crippen molar-refractivity contribution in [2.45, 2.75) is 90.9 Å². The maximum absolute atomic E-state index is 14.0. The van der Waals surface area contributed by atoms with Crippen LogP contribution in [0.25, 0.3) is 0 Å². The number of halogens is 3. The second-order valence-electron chi connectivity index (χ2n) is 15.8. The largest absolute Gasteiger partial charge is 0.494 e. The summed E-state index contributed by atoms with van der Waals surface area (Å²) < 4.78 is 66.9. The third-order valence-corrected chi connectivity index (χ3v) is 9.46. The van der Waals surface area contributed by atoms with Gasteiger partial charge >= 0.3 is 24.2 Å². The topological polar surface area (TPSA) is 175 Å². The molecule has 1 saturated heterocycles. The molecule has 3 aliphatic heterocycles. The van der Waals surface area contributed by atoms with Crippen LogP contribution in [0.3, 0.4) is 0 Å². The van der Waals surface area contributed by atoms with E-state index in [9.17, 15) is 27.6 Å². The SMILES string of the molecule is COC(=O)C(NC(=O)c1ccc2cc1OCCCCCCCCOc1ccc(cc1)CNc1nc(nc(OCC(F)(F)F)n1)N2)C1CCCN(C(=O)OCC(C)(C)C)C1. The minimum atomic E-state index is -4.64. The molecule has 6 bridgehead atoms. The Bertz CT molecular complexity index is 1860. The van der Waals surface area contributed by atoms with Crippen LogP contribution in [0.4, 0.5) is 35.5 Å². The predicted molar refractivity (Wildman–Crippen MR) is 212 cm³/mol. The van der Waals surface area contributed by atoms with Gasteiger partial charge in [0.2, 0.25) is 11.9 Å². The number of fused-ring (bicyclic) bond motifs is 12. The van der Waals surface area contributed by atoms with Gasteiger partial charge in [-0.1, -0.05) is 58.6 Å². The molecule has 3 aromatic rings. The summed E-state index contributed by atoms with van der Waals surface area (Å²) in [5.41, 5.74) is 1.07. The van der Waals surface area contributed by atoms with Gasteiger partial charge < -0.3 is 44.5 Å². The summed E-state index contributed by atoms with van der Waals surface area (Å²) in [4.78, 5) is 54.1. The zero-order valence-electron chi connectivity index (χ0n) is 34.0. The standard InChI is InChI=1S/C41H54F3N7O8/c1-40(2,3)25-59-39(54)51-19-11-12-28(24-51)33(35(53)55-4)47-34(52)31-18-15-29-22-32(31)57-21-10-8-6-5-7-9-20-56-30-16-13-27(14-17-30)23-45-36-48-37(46-29)50-38(49-36)58-26-41(42,43)44/h13-18,22,28,33H,5-12,19-21,23-26H2,1-4H3,(H,47,52)(H2,45,46,48,49,50). The van der Waals surface area contributed by atoms with E-state index in [1.165, 1.54) is 13.2 Å². The molecule has 0 aliphatic carbocycles. The van der Waals surface area contributed by atoms with Crippen LogP contribution < -0.4 is 30.2 Å². The van der Waals surface area contributed by atoms with Crippen molar-refractivity contribution in [3.8, 4) is 17.5 Å². The Balaban J connectivity index is 1.39. The molecule has 2 amide bonds. The van der Waals surface area contributed by atoms with Crippen molar-refractivity contribution in [3.05, 3.63) is 53.6 Å². The first kappa shape index (κ1) is 44.6. The number of nitrogens with one attached hydrogen (secondary N) is 3. The van der Waals surface area contributed by atoms with Crippen LogP contribution in [-0.2, 0) is 20.8 Å². The number of ether oxygens (including phenoxy) is 5. The molecule has 3 aliphatic rings. The summed E-state index contributed by atoms with van der Waals surface area (Å²) in [5.74, 6) is -1.03. The fourth-order valence-corrected chi connectivity index (χ4v) is 6.44. The average molecular weight is 830 g/mol. The highest BCUT2D eigenvalue weighted by atomic mass is 19.4. The van der Waals surface area contributed by atoms with Gasteiger partial charge in [-0.25, -0.2) is 9.59 Å². The molecule has 18 heteroatoms. The Hall–Kier alpha value is -5.55. The maximum Gasteiger partial charge on any atom is 0.422 e. The first-order chi connectivity index (χ1) is 28.2. The lowest BCUT2D eigenvalue weighted by atomic mass is 9.90. The zero-order valence-corrected chi connectivity index (χ0v) is 34.0. The first-order valence-electron chi connectivity index (χ1n) is 19.9. The number of alkyl halides is 3. The van der Waals surface area contributed by atoms with Gasteiger partial charge in [-0.3, -0.25) is 4.79 Å². The third-order valence-electron chi connectivity index (χ3n) is 9.46. The minimum absolute atomic E-state index is 0.0524. The first-order valence-corrected chi connectivity index (χ1v) is 19.9. The fraction of sp³-hybridized carbons (Fsp3) is 0.561. The molecule has 2 atom stereocenters. The predicted octanol–water partition coefficient (Wildman–Crippen LogP) is 7.45. The molecule has 6 rings (SSSR count). The van der Waals surface area contributed by atoms with Crippen molar-refractivity contribution in [1.29, 1.82) is 0 Å². The number of aromatic nitrogens is 3. The smallest absolute Gasteiger partial charge is 0.422 e. The number of likely N-dealkylation sites (tertiary alicyclic amines) is 1. The molecule has 322 valence electrons. The maximum atomic E-state index is 14.0. The summed E-state index contributed by atoms with van der Waals surface area (Å²) in [6.45, 7) is 6.17. The summed E-state index contributed by atoms with van der Waals surface area (Å²) in [5, 5.41) is 8.80. The Morgan fingerprint density at radius 2 is 1.59 bits per heavy atom. The van der Waals surface area contributed by atoms with E-state index in [2.05, 4.69) is 30.9 Å². The van der Waals surface area contributed by atoms with Crippen molar-refractivity contribution in [3.63, 3.8) is 0 Å². The second kappa shape index (κ2) is 20.9. The normalized spacial score (nSPS) is 17.5. The van der Waals surface area contributed by atoms with Crippen molar-refractivity contribution < 1.29 is 51.2 Å². The fourth-order valence-electron chi connectivity index (χ4n) is 6.44. The molecular formula is C41H54F3N7O8. The van der Waals surface area contributed by atoms with Crippen molar-refractivity contribution in [1.82, 2.24) is 25.2 Å². The molecule has 0 spiro atoms. The molecule has 0 saturated carbocycles. The molecule has 15 nitrogen and oxygen atoms in total. The van der Waals surface area contributed by atoms with Gasteiger partial charge in [0, 0.05) is 37.3 Å². The highest BCUT2D eigenvalue weighted by Gasteiger charge is 2.37. The summed E-state index contributed by atoms with van der Waals surface area (Å²) >= 11 is 0. The van der Waals surface area contributed by atoms with Gasteiger partial charge in [0.1, 0.15) is 17.5 Å². The third kappa shape index (κ3) is 14.7. The second-order valence-corrected chi connectivity index (χ2v) is 15.8. The van der Waals surface area contributed by atoms with E-state index in [1.54, 1.807) is 17.0 Å². The number of hydrogen-bond donors (Lipinski definition) is 3. The lowest BCUT2D eigenvalue weighted by Gasteiger charge is -2.36. The number of methoxy groups -OCH3 is 1. The highest BCUT2D eigenvalue weighted by Crippen LogP contribution is 2.29. The molecule has 3 N–H and O–H groups in total. The van der Waals surface area contributed by atoms with E-state index >= 15 is 0 Å². The number of nitrogens with zero attached hydrogens (tertiary/aromatic N) is 4. The summed E-state index contributed by atoms with van der Waals surface area (Å²) in [6.07, 6.45) is 1.47. The number of rotatable bonds is 7. The van der Waals surface area contributed by atoms with Gasteiger partial charge in [0.05, 0.1) is 32.5 Å². The molecule has 2 unspecified atom stereocenters. The molecule has 1 aromatic heterocycles. The Morgan fingerprint density at radius 3 is 2.29 bits per heavy atom. The van der Waals surface area contributed by atoms with Crippen LogP contribution in [0.1, 0.15) is 88.1 Å². The number of carbonyl (C=O) groups excluding carboxylic acids is 3. The number of amides is 2. The number of esters is 1. The molecule has 2 aromatic carbocycles. The molecular weight excluding hydrogens is 775 g/mol. The van der Waals surface area contributed by atoms with E-state index in [4.69, 9.17) is 23.7 Å². The molecule has 0 radical (unpaired) electrons. The summed E-state index contributed by atoms with van der Waals surface area (Å²) in [7, 11) is 1.23. The van der Waals surface area contributed by atoms with E-state index in [-0.39, 0.29) is 54.9 Å². The van der Waals surface area contributed by atoms with Crippen molar-refractivity contribution in [2.75, 3.05) is 57.3 Å². The van der Waals surface area contributed by atoms with E-state index < -0.39 is 48.7 Å². The molecule has 1 fully saturated rings. The average Bonchev–Trinajstić information content (AvgIpc) is 3.20. The number of carbonyl (C=O) groups is 3. The van der Waals surface area contributed by atoms with Gasteiger partial charge in [-0.2, -0.15) is 28.1 Å². The quantitative estimate of drug-likeness (QED) is 0.201. The van der Waals surface area contributed by atoms with Gasteiger partial charge in [0.25, 0.3) is 5.91 Å². The summed E-state index contributed by atoms with van der Waals surface area (Å²) in [6, 6.07) is 10.3. The monoisotopic (exact) mass is 829 g/mol. The van der Waals surface area contributed by atoms with E-state index in [1.807, 2.05) is 45.0 Å². The van der Waals surface area contributed by atoms with Gasteiger partial charge in [0.15, 0.2) is 6.61 Å². The number of anilines is 3. The lowest BCUT2D eigenvalue weighted by molar-refractivity contribution is -0.154. The van der Waals surface area contributed by atoms with Crippen molar-refractivity contribution in [2.24, 2.45) is 11.3 Å². The van der Waals surface area contributed by atoms with Crippen LogP contribution >= 0.6 is 0 Å². The van der Waals surface area contributed by atoms with Crippen LogP contribution in [0.5, 0.6) is 17.5 Å².